The van der Waals surface area contributed by atoms with E-state index in [-0.39, 0.29) is 29.7 Å². The van der Waals surface area contributed by atoms with Gasteiger partial charge in [0.25, 0.3) is 17.7 Å². The minimum absolute atomic E-state index is 0.0144. The molecule has 1 aliphatic rings. The molecule has 3 amide bonds. The van der Waals surface area contributed by atoms with E-state index < -0.39 is 0 Å². The van der Waals surface area contributed by atoms with Crippen LogP contribution in [0.25, 0.3) is 0 Å². The first-order valence-electron chi connectivity index (χ1n) is 7.12. The maximum absolute atomic E-state index is 12.3. The van der Waals surface area contributed by atoms with E-state index in [0.29, 0.717) is 23.2 Å². The topological polar surface area (TPSA) is 66.5 Å². The molecule has 112 valence electrons. The molecule has 1 aromatic rings. The molecule has 1 heterocycles. The molecule has 0 atom stereocenters. The number of hydrogen-bond acceptors (Lipinski definition) is 3. The summed E-state index contributed by atoms with van der Waals surface area (Å²) in [4.78, 5) is 37.8. The molecule has 21 heavy (non-hydrogen) atoms. The summed E-state index contributed by atoms with van der Waals surface area (Å²) in [6.45, 7) is 8.02. The Kier molecular flexibility index (Phi) is 4.11. The van der Waals surface area contributed by atoms with Gasteiger partial charge in [0.15, 0.2) is 0 Å². The molecule has 0 saturated heterocycles. The normalized spacial score (nSPS) is 14.1. The number of fused-ring (bicyclic) bond motifs is 1. The minimum Gasteiger partial charge on any atom is -0.350 e. The van der Waals surface area contributed by atoms with Crippen molar-refractivity contribution >= 4 is 17.7 Å². The van der Waals surface area contributed by atoms with Gasteiger partial charge in [-0.05, 0) is 38.0 Å². The van der Waals surface area contributed by atoms with E-state index in [2.05, 4.69) is 5.32 Å². The summed E-state index contributed by atoms with van der Waals surface area (Å²) in [6.07, 6.45) is 0. The molecule has 1 N–H and O–H groups in total. The zero-order chi connectivity index (χ0) is 15.7. The van der Waals surface area contributed by atoms with Gasteiger partial charge >= 0.3 is 0 Å². The summed E-state index contributed by atoms with van der Waals surface area (Å²) >= 11 is 0. The number of nitrogens with one attached hydrogen (secondary N) is 1. The second kappa shape index (κ2) is 5.68. The number of nitrogens with zero attached hydrogens (tertiary/aromatic N) is 1. The average Bonchev–Trinajstić information content (AvgIpc) is 2.62. The van der Waals surface area contributed by atoms with Gasteiger partial charge in [0.1, 0.15) is 0 Å². The number of imide groups is 1. The van der Waals surface area contributed by atoms with Gasteiger partial charge in [-0.3, -0.25) is 19.3 Å². The van der Waals surface area contributed by atoms with E-state index in [9.17, 15) is 14.4 Å². The number of carbonyl (C=O) groups excluding carboxylic acids is 3. The van der Waals surface area contributed by atoms with Crippen molar-refractivity contribution in [3.63, 3.8) is 0 Å². The zero-order valence-electron chi connectivity index (χ0n) is 12.8. The van der Waals surface area contributed by atoms with Crippen molar-refractivity contribution < 1.29 is 14.4 Å². The van der Waals surface area contributed by atoms with Crippen LogP contribution in [0, 0.1) is 5.92 Å². The Balaban J connectivity index is 2.31. The van der Waals surface area contributed by atoms with Gasteiger partial charge < -0.3 is 5.32 Å². The Bertz CT molecular complexity index is 606. The molecule has 0 fully saturated rings. The number of hydrogen-bond donors (Lipinski definition) is 1. The molecule has 1 aromatic carbocycles. The molecule has 0 aromatic heterocycles. The summed E-state index contributed by atoms with van der Waals surface area (Å²) in [5, 5.41) is 2.77. The molecule has 0 saturated carbocycles. The van der Waals surface area contributed by atoms with Crippen LogP contribution in [0.15, 0.2) is 18.2 Å². The van der Waals surface area contributed by atoms with Gasteiger partial charge in [0, 0.05) is 18.2 Å². The Morgan fingerprint density at radius 2 is 1.71 bits per heavy atom. The molecule has 0 spiro atoms. The lowest BCUT2D eigenvalue weighted by Gasteiger charge is -2.15. The van der Waals surface area contributed by atoms with Crippen LogP contribution < -0.4 is 5.32 Å². The first kappa shape index (κ1) is 15.2. The molecule has 5 nitrogen and oxygen atoms in total. The highest BCUT2D eigenvalue weighted by Gasteiger charge is 2.36. The fourth-order valence-electron chi connectivity index (χ4n) is 2.31. The average molecular weight is 288 g/mol. The SMILES string of the molecule is CC(C)CN1C(=O)c2ccc(C(=O)NC(C)C)cc2C1=O. The summed E-state index contributed by atoms with van der Waals surface area (Å²) in [5.41, 5.74) is 1.09. The van der Waals surface area contributed by atoms with Crippen LogP contribution in [-0.2, 0) is 0 Å². The molecule has 1 aliphatic heterocycles. The van der Waals surface area contributed by atoms with Gasteiger partial charge in [-0.25, -0.2) is 0 Å². The van der Waals surface area contributed by atoms with Gasteiger partial charge in [-0.15, -0.1) is 0 Å². The summed E-state index contributed by atoms with van der Waals surface area (Å²) in [5.74, 6) is -0.631. The molecule has 5 heteroatoms. The van der Waals surface area contributed by atoms with E-state index >= 15 is 0 Å². The zero-order valence-corrected chi connectivity index (χ0v) is 12.8. The van der Waals surface area contributed by atoms with E-state index in [0.717, 1.165) is 0 Å². The largest absolute Gasteiger partial charge is 0.350 e. The molecule has 0 unspecified atom stereocenters. The molecule has 0 radical (unpaired) electrons. The lowest BCUT2D eigenvalue weighted by molar-refractivity contribution is 0.0636. The van der Waals surface area contributed by atoms with Crippen molar-refractivity contribution in [3.05, 3.63) is 34.9 Å². The van der Waals surface area contributed by atoms with Crippen molar-refractivity contribution in [2.75, 3.05) is 6.54 Å². The van der Waals surface area contributed by atoms with Gasteiger partial charge in [0.2, 0.25) is 0 Å². The first-order valence-corrected chi connectivity index (χ1v) is 7.12. The Morgan fingerprint density at radius 1 is 1.10 bits per heavy atom. The summed E-state index contributed by atoms with van der Waals surface area (Å²) < 4.78 is 0. The number of rotatable bonds is 4. The van der Waals surface area contributed by atoms with Gasteiger partial charge in [-0.1, -0.05) is 13.8 Å². The maximum atomic E-state index is 12.3. The predicted octanol–water partition coefficient (Wildman–Crippen LogP) is 2.08. The van der Waals surface area contributed by atoms with E-state index in [4.69, 9.17) is 0 Å². The summed E-state index contributed by atoms with van der Waals surface area (Å²) in [7, 11) is 0. The van der Waals surface area contributed by atoms with Crippen molar-refractivity contribution in [1.29, 1.82) is 0 Å². The third-order valence-electron chi connectivity index (χ3n) is 3.20. The van der Waals surface area contributed by atoms with E-state index in [1.165, 1.54) is 11.0 Å². The van der Waals surface area contributed by atoms with E-state index in [1.54, 1.807) is 12.1 Å². The lowest BCUT2D eigenvalue weighted by Crippen LogP contribution is -2.33. The Labute approximate surface area is 124 Å². The van der Waals surface area contributed by atoms with Crippen LogP contribution in [0.3, 0.4) is 0 Å². The third-order valence-corrected chi connectivity index (χ3v) is 3.20. The van der Waals surface area contributed by atoms with Crippen molar-refractivity contribution in [2.45, 2.75) is 33.7 Å². The van der Waals surface area contributed by atoms with Crippen molar-refractivity contribution in [3.8, 4) is 0 Å². The highest BCUT2D eigenvalue weighted by atomic mass is 16.2. The van der Waals surface area contributed by atoms with Gasteiger partial charge in [-0.2, -0.15) is 0 Å². The quantitative estimate of drug-likeness (QED) is 0.863. The number of amides is 3. The third kappa shape index (κ3) is 2.96. The molecule has 0 bridgehead atoms. The fraction of sp³-hybridized carbons (Fsp3) is 0.438. The molecular weight excluding hydrogens is 268 g/mol. The van der Waals surface area contributed by atoms with Gasteiger partial charge in [0.05, 0.1) is 11.1 Å². The highest BCUT2D eigenvalue weighted by Crippen LogP contribution is 2.24. The molecule has 0 aliphatic carbocycles. The smallest absolute Gasteiger partial charge is 0.261 e. The van der Waals surface area contributed by atoms with Crippen LogP contribution in [-0.4, -0.2) is 35.2 Å². The van der Waals surface area contributed by atoms with Crippen LogP contribution in [0.5, 0.6) is 0 Å². The van der Waals surface area contributed by atoms with Crippen LogP contribution in [0.1, 0.15) is 58.8 Å². The Hall–Kier alpha value is -2.17. The lowest BCUT2D eigenvalue weighted by atomic mass is 10.1. The summed E-state index contributed by atoms with van der Waals surface area (Å²) in [6, 6.07) is 4.67. The highest BCUT2D eigenvalue weighted by molar-refractivity contribution is 6.22. The van der Waals surface area contributed by atoms with Crippen LogP contribution in [0.4, 0.5) is 0 Å². The molecule has 2 rings (SSSR count). The predicted molar refractivity (Wildman–Crippen MR) is 79.2 cm³/mol. The standard InChI is InChI=1S/C16H20N2O3/c1-9(2)8-18-15(20)12-6-5-11(7-13(12)16(18)21)14(19)17-10(3)4/h5-7,9-10H,8H2,1-4H3,(H,17,19). The monoisotopic (exact) mass is 288 g/mol. The molecular formula is C16H20N2O3. The van der Waals surface area contributed by atoms with Crippen LogP contribution in [0.2, 0.25) is 0 Å². The van der Waals surface area contributed by atoms with E-state index in [1.807, 2.05) is 27.7 Å². The first-order chi connectivity index (χ1) is 9.81. The minimum atomic E-state index is -0.317. The number of benzene rings is 1. The number of carbonyl (C=O) groups is 3. The fourth-order valence-corrected chi connectivity index (χ4v) is 2.31. The second-order valence-electron chi connectivity index (χ2n) is 6.00. The Morgan fingerprint density at radius 3 is 2.29 bits per heavy atom. The van der Waals surface area contributed by atoms with Crippen molar-refractivity contribution in [1.82, 2.24) is 10.2 Å². The van der Waals surface area contributed by atoms with Crippen molar-refractivity contribution in [2.24, 2.45) is 5.92 Å². The second-order valence-corrected chi connectivity index (χ2v) is 6.00. The maximum Gasteiger partial charge on any atom is 0.261 e. The van der Waals surface area contributed by atoms with Crippen LogP contribution >= 0.6 is 0 Å².